The Morgan fingerprint density at radius 3 is 2.50 bits per heavy atom. The molecule has 0 fully saturated rings. The number of rotatable bonds is 7. The molecule has 94 valence electrons. The fourth-order valence-electron chi connectivity index (χ4n) is 1.29. The van der Waals surface area contributed by atoms with E-state index in [1.54, 1.807) is 6.92 Å². The predicted octanol–water partition coefficient (Wildman–Crippen LogP) is -0.280. The first kappa shape index (κ1) is 14.9. The van der Waals surface area contributed by atoms with Crippen LogP contribution in [-0.4, -0.2) is 42.3 Å². The minimum atomic E-state index is -1.11. The number of carboxylic acids is 1. The molecule has 0 saturated heterocycles. The number of methoxy groups -OCH3 is 1. The summed E-state index contributed by atoms with van der Waals surface area (Å²) in [6.45, 7) is 3.46. The molecular formula is C10H20N2O4. The standard InChI is InChI=1S/C10H20N2O4/c1-4-5-10(2,11)9(15)12-6-7(16-3)8(13)14/h7H,4-6,11H2,1-3H3,(H,12,15)(H,13,14). The Morgan fingerprint density at radius 1 is 1.56 bits per heavy atom. The molecule has 0 aromatic rings. The van der Waals surface area contributed by atoms with Crippen LogP contribution >= 0.6 is 0 Å². The fourth-order valence-corrected chi connectivity index (χ4v) is 1.29. The summed E-state index contributed by atoms with van der Waals surface area (Å²) in [6.07, 6.45) is 0.290. The average Bonchev–Trinajstić information content (AvgIpc) is 2.17. The van der Waals surface area contributed by atoms with Gasteiger partial charge in [-0.05, 0) is 13.3 Å². The Hall–Kier alpha value is -1.14. The smallest absolute Gasteiger partial charge is 0.334 e. The number of nitrogens with two attached hydrogens (primary N) is 1. The third-order valence-corrected chi connectivity index (χ3v) is 2.30. The van der Waals surface area contributed by atoms with E-state index in [4.69, 9.17) is 10.8 Å². The number of aliphatic carboxylic acids is 1. The molecule has 1 amide bonds. The van der Waals surface area contributed by atoms with Crippen LogP contribution in [0, 0.1) is 0 Å². The van der Waals surface area contributed by atoms with Crippen molar-refractivity contribution in [1.82, 2.24) is 5.32 Å². The van der Waals surface area contributed by atoms with Crippen LogP contribution in [-0.2, 0) is 14.3 Å². The predicted molar refractivity (Wildman–Crippen MR) is 58.9 cm³/mol. The van der Waals surface area contributed by atoms with Gasteiger partial charge in [0.1, 0.15) is 0 Å². The lowest BCUT2D eigenvalue weighted by Crippen LogP contribution is -2.53. The second-order valence-corrected chi connectivity index (χ2v) is 3.94. The molecule has 0 aliphatic heterocycles. The Morgan fingerprint density at radius 2 is 2.12 bits per heavy atom. The maximum absolute atomic E-state index is 11.6. The van der Waals surface area contributed by atoms with Crippen LogP contribution in [0.1, 0.15) is 26.7 Å². The van der Waals surface area contributed by atoms with Crippen LogP contribution in [0.3, 0.4) is 0 Å². The second kappa shape index (κ2) is 6.44. The molecule has 6 heteroatoms. The van der Waals surface area contributed by atoms with E-state index in [9.17, 15) is 9.59 Å². The van der Waals surface area contributed by atoms with Gasteiger partial charge in [-0.25, -0.2) is 4.79 Å². The summed E-state index contributed by atoms with van der Waals surface area (Å²) in [5, 5.41) is 11.2. The van der Waals surface area contributed by atoms with Crippen LogP contribution in [0.5, 0.6) is 0 Å². The molecule has 0 rings (SSSR count). The zero-order valence-electron chi connectivity index (χ0n) is 9.95. The lowest BCUT2D eigenvalue weighted by molar-refractivity contribution is -0.148. The first-order valence-corrected chi connectivity index (χ1v) is 5.18. The van der Waals surface area contributed by atoms with E-state index < -0.39 is 17.6 Å². The van der Waals surface area contributed by atoms with Crippen LogP contribution in [0.2, 0.25) is 0 Å². The van der Waals surface area contributed by atoms with Crippen molar-refractivity contribution in [2.45, 2.75) is 38.3 Å². The van der Waals surface area contributed by atoms with Gasteiger partial charge in [0.25, 0.3) is 0 Å². The molecule has 0 radical (unpaired) electrons. The molecule has 0 aliphatic carbocycles. The summed E-state index contributed by atoms with van der Waals surface area (Å²) in [5.41, 5.74) is 4.81. The molecule has 2 atom stereocenters. The van der Waals surface area contributed by atoms with E-state index >= 15 is 0 Å². The van der Waals surface area contributed by atoms with Gasteiger partial charge in [0, 0.05) is 7.11 Å². The van der Waals surface area contributed by atoms with Crippen molar-refractivity contribution in [1.29, 1.82) is 0 Å². The number of carbonyl (C=O) groups is 2. The Bertz CT molecular complexity index is 253. The average molecular weight is 232 g/mol. The maximum atomic E-state index is 11.6. The monoisotopic (exact) mass is 232 g/mol. The molecule has 2 unspecified atom stereocenters. The molecule has 4 N–H and O–H groups in total. The van der Waals surface area contributed by atoms with Gasteiger partial charge in [0.15, 0.2) is 6.10 Å². The van der Waals surface area contributed by atoms with Crippen molar-refractivity contribution in [3.05, 3.63) is 0 Å². The lowest BCUT2D eigenvalue weighted by Gasteiger charge is -2.23. The molecule has 0 saturated carbocycles. The summed E-state index contributed by atoms with van der Waals surface area (Å²) in [4.78, 5) is 22.2. The van der Waals surface area contributed by atoms with E-state index in [0.717, 1.165) is 6.42 Å². The van der Waals surface area contributed by atoms with Crippen LogP contribution in [0.15, 0.2) is 0 Å². The summed E-state index contributed by atoms with van der Waals surface area (Å²) in [5.74, 6) is -1.48. The first-order chi connectivity index (χ1) is 7.35. The Labute approximate surface area is 95.1 Å². The van der Waals surface area contributed by atoms with Gasteiger partial charge in [-0.15, -0.1) is 0 Å². The molecule has 0 aliphatic rings. The number of amides is 1. The molecule has 0 aromatic heterocycles. The summed E-state index contributed by atoms with van der Waals surface area (Å²) < 4.78 is 4.68. The van der Waals surface area contributed by atoms with Crippen LogP contribution < -0.4 is 11.1 Å². The summed E-state index contributed by atoms with van der Waals surface area (Å²) in [7, 11) is 1.28. The Kier molecular flexibility index (Phi) is 5.98. The topological polar surface area (TPSA) is 102 Å². The quantitative estimate of drug-likeness (QED) is 0.560. The highest BCUT2D eigenvalue weighted by Crippen LogP contribution is 2.08. The summed E-state index contributed by atoms with van der Waals surface area (Å²) in [6, 6.07) is 0. The normalized spacial score (nSPS) is 16.2. The van der Waals surface area contributed by atoms with Gasteiger partial charge in [-0.1, -0.05) is 13.3 Å². The van der Waals surface area contributed by atoms with Gasteiger partial charge in [0.05, 0.1) is 12.1 Å². The highest BCUT2D eigenvalue weighted by molar-refractivity contribution is 5.86. The van der Waals surface area contributed by atoms with Gasteiger partial charge < -0.3 is 20.9 Å². The van der Waals surface area contributed by atoms with E-state index in [-0.39, 0.29) is 12.5 Å². The van der Waals surface area contributed by atoms with Crippen molar-refractivity contribution in [3.63, 3.8) is 0 Å². The van der Waals surface area contributed by atoms with E-state index in [1.165, 1.54) is 7.11 Å². The van der Waals surface area contributed by atoms with Gasteiger partial charge >= 0.3 is 5.97 Å². The molecule has 6 nitrogen and oxygen atoms in total. The summed E-state index contributed by atoms with van der Waals surface area (Å²) >= 11 is 0. The van der Waals surface area contributed by atoms with Crippen molar-refractivity contribution in [2.24, 2.45) is 5.73 Å². The second-order valence-electron chi connectivity index (χ2n) is 3.94. The number of carboxylic acid groups (broad SMARTS) is 1. The number of ether oxygens (including phenoxy) is 1. The molecule has 0 aromatic carbocycles. The number of carbonyl (C=O) groups excluding carboxylic acids is 1. The minimum absolute atomic E-state index is 0.0822. The van der Waals surface area contributed by atoms with Gasteiger partial charge in [-0.3, -0.25) is 4.79 Å². The lowest BCUT2D eigenvalue weighted by atomic mass is 9.96. The first-order valence-electron chi connectivity index (χ1n) is 5.18. The number of hydrogen-bond donors (Lipinski definition) is 3. The Balaban J connectivity index is 4.20. The van der Waals surface area contributed by atoms with Crippen molar-refractivity contribution < 1.29 is 19.4 Å². The van der Waals surface area contributed by atoms with Crippen LogP contribution in [0.25, 0.3) is 0 Å². The van der Waals surface area contributed by atoms with Gasteiger partial charge in [0.2, 0.25) is 5.91 Å². The van der Waals surface area contributed by atoms with E-state index in [0.29, 0.717) is 6.42 Å². The molecule has 0 heterocycles. The van der Waals surface area contributed by atoms with E-state index in [1.807, 2.05) is 6.92 Å². The zero-order valence-corrected chi connectivity index (χ0v) is 9.95. The van der Waals surface area contributed by atoms with Gasteiger partial charge in [-0.2, -0.15) is 0 Å². The number of nitrogens with one attached hydrogen (secondary N) is 1. The highest BCUT2D eigenvalue weighted by atomic mass is 16.5. The number of hydrogen-bond acceptors (Lipinski definition) is 4. The van der Waals surface area contributed by atoms with Crippen molar-refractivity contribution >= 4 is 11.9 Å². The van der Waals surface area contributed by atoms with E-state index in [2.05, 4.69) is 10.1 Å². The van der Waals surface area contributed by atoms with Crippen molar-refractivity contribution in [2.75, 3.05) is 13.7 Å². The SMILES string of the molecule is CCCC(C)(N)C(=O)NCC(OC)C(=O)O. The highest BCUT2D eigenvalue weighted by Gasteiger charge is 2.28. The largest absolute Gasteiger partial charge is 0.479 e. The molecule has 0 bridgehead atoms. The van der Waals surface area contributed by atoms with Crippen molar-refractivity contribution in [3.8, 4) is 0 Å². The zero-order chi connectivity index (χ0) is 12.8. The molecule has 0 spiro atoms. The molecular weight excluding hydrogens is 212 g/mol. The fraction of sp³-hybridized carbons (Fsp3) is 0.800. The minimum Gasteiger partial charge on any atom is -0.479 e. The van der Waals surface area contributed by atoms with Crippen LogP contribution in [0.4, 0.5) is 0 Å². The molecule has 16 heavy (non-hydrogen) atoms. The maximum Gasteiger partial charge on any atom is 0.334 e. The third kappa shape index (κ3) is 4.59. The third-order valence-electron chi connectivity index (χ3n) is 2.30.